The average Bonchev–Trinajstić information content (AvgIpc) is 2.99. The molecule has 0 bridgehead atoms. The van der Waals surface area contributed by atoms with Crippen LogP contribution in [0, 0.1) is 5.92 Å². The quantitative estimate of drug-likeness (QED) is 0.391. The van der Waals surface area contributed by atoms with Gasteiger partial charge in [0.1, 0.15) is 0 Å². The molecule has 8 nitrogen and oxygen atoms in total. The lowest BCUT2D eigenvalue weighted by molar-refractivity contribution is -0.141. The SMILES string of the molecule is CSC1CC(=O)N(CCOCCOCCN2C(=O)CC(C)C2=O)C1=O. The molecule has 0 N–H and O–H groups in total. The molecule has 0 saturated carbocycles. The van der Waals surface area contributed by atoms with E-state index in [1.54, 1.807) is 6.92 Å². The Morgan fingerprint density at radius 3 is 1.84 bits per heavy atom. The Morgan fingerprint density at radius 2 is 1.40 bits per heavy atom. The van der Waals surface area contributed by atoms with Crippen LogP contribution in [0.5, 0.6) is 0 Å². The van der Waals surface area contributed by atoms with Gasteiger partial charge in [-0.05, 0) is 6.26 Å². The fraction of sp³-hybridized carbons (Fsp3) is 0.750. The highest BCUT2D eigenvalue weighted by atomic mass is 32.2. The number of amides is 4. The van der Waals surface area contributed by atoms with Gasteiger partial charge in [0, 0.05) is 18.8 Å². The van der Waals surface area contributed by atoms with E-state index >= 15 is 0 Å². The van der Waals surface area contributed by atoms with Crippen LogP contribution in [0.1, 0.15) is 19.8 Å². The van der Waals surface area contributed by atoms with E-state index in [-0.39, 0.29) is 73.9 Å². The minimum atomic E-state index is -0.269. The molecule has 2 aliphatic rings. The first-order chi connectivity index (χ1) is 12.0. The fourth-order valence-electron chi connectivity index (χ4n) is 2.79. The largest absolute Gasteiger partial charge is 0.377 e. The average molecular weight is 372 g/mol. The second kappa shape index (κ2) is 9.30. The van der Waals surface area contributed by atoms with Crippen LogP contribution in [0.3, 0.4) is 0 Å². The molecule has 0 aromatic carbocycles. The Hall–Kier alpha value is -1.45. The predicted molar refractivity (Wildman–Crippen MR) is 90.8 cm³/mol. The molecule has 2 fully saturated rings. The van der Waals surface area contributed by atoms with Gasteiger partial charge < -0.3 is 9.47 Å². The summed E-state index contributed by atoms with van der Waals surface area (Å²) < 4.78 is 10.7. The van der Waals surface area contributed by atoms with E-state index in [9.17, 15) is 19.2 Å². The van der Waals surface area contributed by atoms with Crippen molar-refractivity contribution < 1.29 is 28.7 Å². The molecular formula is C16H24N2O6S. The van der Waals surface area contributed by atoms with Crippen molar-refractivity contribution in [2.24, 2.45) is 5.92 Å². The first-order valence-corrected chi connectivity index (χ1v) is 9.61. The molecule has 2 heterocycles. The zero-order chi connectivity index (χ0) is 18.4. The molecule has 0 aromatic heterocycles. The van der Waals surface area contributed by atoms with Crippen LogP contribution >= 0.6 is 11.8 Å². The van der Waals surface area contributed by atoms with E-state index in [1.165, 1.54) is 21.6 Å². The maximum Gasteiger partial charge on any atom is 0.242 e. The van der Waals surface area contributed by atoms with Gasteiger partial charge in [-0.1, -0.05) is 6.92 Å². The summed E-state index contributed by atoms with van der Waals surface area (Å²) in [4.78, 5) is 49.4. The number of ether oxygens (including phenoxy) is 2. The zero-order valence-electron chi connectivity index (χ0n) is 14.6. The highest BCUT2D eigenvalue weighted by Gasteiger charge is 2.37. The number of hydrogen-bond acceptors (Lipinski definition) is 7. The molecule has 0 radical (unpaired) electrons. The summed E-state index contributed by atoms with van der Waals surface area (Å²) in [7, 11) is 0. The predicted octanol–water partition coefficient (Wildman–Crippen LogP) is -0.0949. The maximum absolute atomic E-state index is 11.9. The van der Waals surface area contributed by atoms with Gasteiger partial charge in [-0.3, -0.25) is 29.0 Å². The Kier molecular flexibility index (Phi) is 7.39. The van der Waals surface area contributed by atoms with Gasteiger partial charge in [0.05, 0.1) is 44.8 Å². The first kappa shape index (κ1) is 19.9. The van der Waals surface area contributed by atoms with Crippen LogP contribution in [-0.2, 0) is 28.7 Å². The van der Waals surface area contributed by atoms with Crippen molar-refractivity contribution in [2.45, 2.75) is 25.0 Å². The number of rotatable bonds is 10. The Morgan fingerprint density at radius 1 is 0.880 bits per heavy atom. The molecule has 0 spiro atoms. The molecule has 9 heteroatoms. The lowest BCUT2D eigenvalue weighted by Gasteiger charge is -2.15. The van der Waals surface area contributed by atoms with Crippen LogP contribution in [0.15, 0.2) is 0 Å². The Bertz CT molecular complexity index is 541. The van der Waals surface area contributed by atoms with Gasteiger partial charge in [-0.15, -0.1) is 0 Å². The van der Waals surface area contributed by atoms with E-state index < -0.39 is 0 Å². The first-order valence-electron chi connectivity index (χ1n) is 8.32. The fourth-order valence-corrected chi connectivity index (χ4v) is 3.43. The van der Waals surface area contributed by atoms with Gasteiger partial charge in [-0.2, -0.15) is 11.8 Å². The third kappa shape index (κ3) is 5.02. The molecule has 0 aromatic rings. The third-order valence-corrected chi connectivity index (χ3v) is 5.18. The lowest BCUT2D eigenvalue weighted by atomic mass is 10.1. The van der Waals surface area contributed by atoms with Crippen LogP contribution in [-0.4, -0.2) is 84.5 Å². The molecule has 2 rings (SSSR count). The van der Waals surface area contributed by atoms with Crippen molar-refractivity contribution in [3.8, 4) is 0 Å². The van der Waals surface area contributed by atoms with E-state index in [0.29, 0.717) is 13.2 Å². The van der Waals surface area contributed by atoms with Crippen molar-refractivity contribution >= 4 is 35.4 Å². The summed E-state index contributed by atoms with van der Waals surface area (Å²) in [5.41, 5.74) is 0. The standard InChI is InChI=1S/C16H24N2O6S/c1-11-9-13(19)17(15(11)21)3-5-23-7-8-24-6-4-18-14(20)10-12(25-2)16(18)22/h11-12H,3-10H2,1-2H3. The summed E-state index contributed by atoms with van der Waals surface area (Å²) in [5, 5.41) is -0.269. The lowest BCUT2D eigenvalue weighted by Crippen LogP contribution is -2.34. The summed E-state index contributed by atoms with van der Waals surface area (Å²) in [6.07, 6.45) is 2.35. The van der Waals surface area contributed by atoms with E-state index in [1.807, 2.05) is 6.26 Å². The van der Waals surface area contributed by atoms with Crippen LogP contribution < -0.4 is 0 Å². The number of thioether (sulfide) groups is 1. The second-order valence-corrected chi connectivity index (χ2v) is 7.07. The molecule has 2 aliphatic heterocycles. The summed E-state index contributed by atoms with van der Waals surface area (Å²) in [6.45, 7) is 3.43. The zero-order valence-corrected chi connectivity index (χ0v) is 15.4. The van der Waals surface area contributed by atoms with Gasteiger partial charge in [0.25, 0.3) is 0 Å². The van der Waals surface area contributed by atoms with E-state index in [2.05, 4.69) is 0 Å². The van der Waals surface area contributed by atoms with Gasteiger partial charge >= 0.3 is 0 Å². The summed E-state index contributed by atoms with van der Waals surface area (Å²) in [5.74, 6) is -0.836. The molecule has 2 saturated heterocycles. The number of carbonyl (C=O) groups excluding carboxylic acids is 4. The normalized spacial score (nSPS) is 24.1. The van der Waals surface area contributed by atoms with Crippen molar-refractivity contribution in [1.29, 1.82) is 0 Å². The molecule has 2 unspecified atom stereocenters. The maximum atomic E-state index is 11.9. The number of imide groups is 2. The highest BCUT2D eigenvalue weighted by molar-refractivity contribution is 8.00. The smallest absolute Gasteiger partial charge is 0.242 e. The molecule has 25 heavy (non-hydrogen) atoms. The highest BCUT2D eigenvalue weighted by Crippen LogP contribution is 2.22. The minimum absolute atomic E-state index is 0.145. The van der Waals surface area contributed by atoms with Gasteiger partial charge in [-0.25, -0.2) is 0 Å². The van der Waals surface area contributed by atoms with Crippen LogP contribution in [0.25, 0.3) is 0 Å². The third-order valence-electron chi connectivity index (χ3n) is 4.25. The van der Waals surface area contributed by atoms with Gasteiger partial charge in [0.15, 0.2) is 0 Å². The Labute approximate surface area is 151 Å². The molecule has 0 aliphatic carbocycles. The topological polar surface area (TPSA) is 93.2 Å². The number of likely N-dealkylation sites (tertiary alicyclic amines) is 2. The molecule has 2 atom stereocenters. The summed E-state index contributed by atoms with van der Waals surface area (Å²) >= 11 is 1.39. The number of nitrogens with zero attached hydrogens (tertiary/aromatic N) is 2. The number of hydrogen-bond donors (Lipinski definition) is 0. The van der Waals surface area contributed by atoms with Crippen LogP contribution in [0.4, 0.5) is 0 Å². The molecule has 4 amide bonds. The number of carbonyl (C=O) groups is 4. The minimum Gasteiger partial charge on any atom is -0.377 e. The monoisotopic (exact) mass is 372 g/mol. The van der Waals surface area contributed by atoms with Crippen molar-refractivity contribution in [2.75, 3.05) is 45.8 Å². The second-order valence-electron chi connectivity index (χ2n) is 6.03. The van der Waals surface area contributed by atoms with Crippen molar-refractivity contribution in [3.63, 3.8) is 0 Å². The van der Waals surface area contributed by atoms with Crippen molar-refractivity contribution in [3.05, 3.63) is 0 Å². The Balaban J connectivity index is 1.52. The van der Waals surface area contributed by atoms with Gasteiger partial charge in [0.2, 0.25) is 23.6 Å². The van der Waals surface area contributed by atoms with Crippen LogP contribution in [0.2, 0.25) is 0 Å². The summed E-state index contributed by atoms with van der Waals surface area (Å²) in [6, 6.07) is 0. The van der Waals surface area contributed by atoms with Crippen molar-refractivity contribution in [1.82, 2.24) is 9.80 Å². The van der Waals surface area contributed by atoms with E-state index in [0.717, 1.165) is 0 Å². The molecular weight excluding hydrogens is 348 g/mol. The van der Waals surface area contributed by atoms with E-state index in [4.69, 9.17) is 9.47 Å². The molecule has 140 valence electrons.